The van der Waals surface area contributed by atoms with Crippen molar-refractivity contribution in [1.82, 2.24) is 0 Å². The van der Waals surface area contributed by atoms with Gasteiger partial charge >= 0.3 is 7.60 Å². The Morgan fingerprint density at radius 1 is 1.08 bits per heavy atom. The Bertz CT molecular complexity index is 1040. The molecule has 25 heavy (non-hydrogen) atoms. The molecule has 0 aliphatic heterocycles. The van der Waals surface area contributed by atoms with Crippen molar-refractivity contribution >= 4 is 18.6 Å². The molecule has 0 radical (unpaired) electrons. The molecule has 2 aromatic carbocycles. The highest BCUT2D eigenvalue weighted by atomic mass is 31.2. The Hall–Kier alpha value is -2.80. The second kappa shape index (κ2) is 6.25. The molecule has 0 fully saturated rings. The van der Waals surface area contributed by atoms with Gasteiger partial charge in [0.25, 0.3) is 0 Å². The molecule has 0 amide bonds. The lowest BCUT2D eigenvalue weighted by molar-refractivity contribution is 0.299. The van der Waals surface area contributed by atoms with Crippen LogP contribution in [-0.4, -0.2) is 26.3 Å². The Labute approximate surface area is 140 Å². The number of fused-ring (bicyclic) bond motifs is 1. The topological polar surface area (TPSA) is 137 Å². The molecule has 3 aromatic rings. The van der Waals surface area contributed by atoms with Gasteiger partial charge in [-0.3, -0.25) is 9.36 Å². The smallest absolute Gasteiger partial charge is 0.362 e. The van der Waals surface area contributed by atoms with Gasteiger partial charge in [-0.2, -0.15) is 0 Å². The quantitative estimate of drug-likeness (QED) is 0.518. The monoisotopic (exact) mass is 364 g/mol. The van der Waals surface area contributed by atoms with Crippen molar-refractivity contribution in [2.75, 3.05) is 6.35 Å². The van der Waals surface area contributed by atoms with E-state index in [1.807, 2.05) is 0 Å². The highest BCUT2D eigenvalue weighted by molar-refractivity contribution is 7.51. The van der Waals surface area contributed by atoms with Crippen molar-refractivity contribution in [2.24, 2.45) is 0 Å². The van der Waals surface area contributed by atoms with Crippen LogP contribution in [0.5, 0.6) is 17.2 Å². The largest absolute Gasteiger partial charge is 0.507 e. The Kier molecular flexibility index (Phi) is 4.26. The first-order chi connectivity index (χ1) is 11.8. The van der Waals surface area contributed by atoms with Crippen LogP contribution in [0.2, 0.25) is 0 Å². The van der Waals surface area contributed by atoms with Crippen LogP contribution in [0.3, 0.4) is 0 Å². The average molecular weight is 364 g/mol. The minimum absolute atomic E-state index is 0.0929. The molecule has 1 aromatic heterocycles. The molecule has 0 spiro atoms. The van der Waals surface area contributed by atoms with E-state index in [9.17, 15) is 19.6 Å². The summed E-state index contributed by atoms with van der Waals surface area (Å²) in [6.45, 7) is 0. The van der Waals surface area contributed by atoms with Gasteiger partial charge in [0.2, 0.25) is 11.2 Å². The summed E-state index contributed by atoms with van der Waals surface area (Å²) in [5, 5.41) is 19.8. The lowest BCUT2D eigenvalue weighted by Gasteiger charge is -2.10. The van der Waals surface area contributed by atoms with Crippen LogP contribution in [0.4, 0.5) is 0 Å². The zero-order valence-electron chi connectivity index (χ0n) is 12.6. The zero-order chi connectivity index (χ0) is 18.2. The van der Waals surface area contributed by atoms with Gasteiger partial charge in [-0.05, 0) is 0 Å². The van der Waals surface area contributed by atoms with E-state index in [1.54, 1.807) is 30.3 Å². The lowest BCUT2D eigenvalue weighted by atomic mass is 10.1. The van der Waals surface area contributed by atoms with E-state index >= 15 is 0 Å². The summed E-state index contributed by atoms with van der Waals surface area (Å²) in [5.74, 6) is -1.38. The first kappa shape index (κ1) is 17.0. The SMILES string of the molecule is O=c1c(O)c(-c2ccccc2)oc2cc(OCP(=O)(O)O)cc(O)c12. The summed E-state index contributed by atoms with van der Waals surface area (Å²) in [4.78, 5) is 30.0. The first-order valence-corrected chi connectivity index (χ1v) is 8.81. The van der Waals surface area contributed by atoms with E-state index in [0.717, 1.165) is 6.07 Å². The highest BCUT2D eigenvalue weighted by Crippen LogP contribution is 2.38. The number of benzene rings is 2. The predicted molar refractivity (Wildman–Crippen MR) is 88.8 cm³/mol. The standard InChI is InChI=1S/C16H13O8P/c17-11-6-10(23-8-25(20,21)22)7-12-13(11)14(18)15(19)16(24-12)9-4-2-1-3-5-9/h1-7,17,19H,8H2,(H2,20,21,22). The molecule has 0 atom stereocenters. The molecular weight excluding hydrogens is 351 g/mol. The number of rotatable bonds is 4. The van der Waals surface area contributed by atoms with Crippen molar-refractivity contribution in [3.63, 3.8) is 0 Å². The van der Waals surface area contributed by atoms with Crippen molar-refractivity contribution < 1.29 is 33.7 Å². The third-order valence-corrected chi connectivity index (χ3v) is 3.82. The maximum absolute atomic E-state index is 12.3. The molecule has 1 heterocycles. The van der Waals surface area contributed by atoms with Crippen molar-refractivity contribution in [2.45, 2.75) is 0 Å². The predicted octanol–water partition coefficient (Wildman–Crippen LogP) is 2.39. The molecule has 130 valence electrons. The van der Waals surface area contributed by atoms with E-state index in [-0.39, 0.29) is 22.5 Å². The Morgan fingerprint density at radius 3 is 2.40 bits per heavy atom. The minimum atomic E-state index is -4.42. The van der Waals surface area contributed by atoms with Gasteiger partial charge in [-0.25, -0.2) is 0 Å². The third-order valence-electron chi connectivity index (χ3n) is 3.36. The lowest BCUT2D eigenvalue weighted by Crippen LogP contribution is -2.04. The molecule has 0 saturated carbocycles. The average Bonchev–Trinajstić information content (AvgIpc) is 2.56. The fourth-order valence-electron chi connectivity index (χ4n) is 2.29. The van der Waals surface area contributed by atoms with Gasteiger partial charge in [0.1, 0.15) is 22.5 Å². The van der Waals surface area contributed by atoms with Crippen LogP contribution >= 0.6 is 7.60 Å². The molecule has 0 aliphatic rings. The number of ether oxygens (including phenoxy) is 1. The van der Waals surface area contributed by atoms with Crippen molar-refractivity contribution in [3.05, 3.63) is 52.7 Å². The third kappa shape index (κ3) is 3.51. The Morgan fingerprint density at radius 2 is 1.76 bits per heavy atom. The van der Waals surface area contributed by atoms with E-state index < -0.39 is 30.9 Å². The molecule has 4 N–H and O–H groups in total. The molecule has 3 rings (SSSR count). The van der Waals surface area contributed by atoms with Crippen LogP contribution in [0.1, 0.15) is 0 Å². The van der Waals surface area contributed by atoms with Crippen molar-refractivity contribution in [3.8, 4) is 28.6 Å². The number of phenolic OH excluding ortho intramolecular Hbond substituents is 1. The van der Waals surface area contributed by atoms with Crippen LogP contribution < -0.4 is 10.2 Å². The summed E-state index contributed by atoms with van der Waals surface area (Å²) in [5.41, 5.74) is -0.485. The van der Waals surface area contributed by atoms with Gasteiger partial charge < -0.3 is 29.2 Å². The number of phenols is 1. The second-order valence-corrected chi connectivity index (χ2v) is 6.82. The molecule has 0 aliphatic carbocycles. The fourth-order valence-corrected chi connectivity index (χ4v) is 2.61. The second-order valence-electron chi connectivity index (χ2n) is 5.23. The molecule has 0 bridgehead atoms. The fraction of sp³-hybridized carbons (Fsp3) is 0.0625. The van der Waals surface area contributed by atoms with Crippen LogP contribution in [-0.2, 0) is 4.57 Å². The van der Waals surface area contributed by atoms with E-state index in [0.29, 0.717) is 5.56 Å². The summed E-state index contributed by atoms with van der Waals surface area (Å²) in [7, 11) is -4.42. The number of hydrogen-bond acceptors (Lipinski definition) is 6. The van der Waals surface area contributed by atoms with E-state index in [4.69, 9.17) is 18.9 Å². The molecule has 8 nitrogen and oxygen atoms in total. The summed E-state index contributed by atoms with van der Waals surface area (Å²) in [6.07, 6.45) is -0.897. The zero-order valence-corrected chi connectivity index (χ0v) is 13.5. The Balaban J connectivity index is 2.18. The van der Waals surface area contributed by atoms with Crippen LogP contribution in [0.25, 0.3) is 22.3 Å². The van der Waals surface area contributed by atoms with Gasteiger partial charge in [0, 0.05) is 17.7 Å². The molecule has 0 unspecified atom stereocenters. The van der Waals surface area contributed by atoms with Gasteiger partial charge in [0.05, 0.1) is 0 Å². The molecule has 0 saturated heterocycles. The normalized spacial score (nSPS) is 11.6. The summed E-state index contributed by atoms with van der Waals surface area (Å²) in [6, 6.07) is 10.6. The highest BCUT2D eigenvalue weighted by Gasteiger charge is 2.20. The minimum Gasteiger partial charge on any atom is -0.507 e. The van der Waals surface area contributed by atoms with Crippen molar-refractivity contribution in [1.29, 1.82) is 0 Å². The summed E-state index contributed by atoms with van der Waals surface area (Å²) >= 11 is 0. The van der Waals surface area contributed by atoms with Crippen LogP contribution in [0, 0.1) is 0 Å². The maximum atomic E-state index is 12.3. The maximum Gasteiger partial charge on any atom is 0.362 e. The number of aromatic hydroxyl groups is 2. The molecule has 9 heteroatoms. The first-order valence-electron chi connectivity index (χ1n) is 7.02. The summed E-state index contributed by atoms with van der Waals surface area (Å²) < 4.78 is 21.3. The van der Waals surface area contributed by atoms with E-state index in [1.165, 1.54) is 6.07 Å². The van der Waals surface area contributed by atoms with Gasteiger partial charge in [-0.15, -0.1) is 0 Å². The van der Waals surface area contributed by atoms with E-state index in [2.05, 4.69) is 0 Å². The number of hydrogen-bond donors (Lipinski definition) is 4. The van der Waals surface area contributed by atoms with Gasteiger partial charge in [0.15, 0.2) is 12.1 Å². The van der Waals surface area contributed by atoms with Gasteiger partial charge in [-0.1, -0.05) is 30.3 Å². The molecular formula is C16H13O8P. The van der Waals surface area contributed by atoms with Crippen LogP contribution in [0.15, 0.2) is 51.7 Å².